The number of nitrogens with zero attached hydrogens (tertiary/aromatic N) is 2. The molecule has 4 aliphatic rings. The number of para-hydroxylation sites is 6. The van der Waals surface area contributed by atoms with Gasteiger partial charge in [0.05, 0.1) is 22.7 Å². The summed E-state index contributed by atoms with van der Waals surface area (Å²) in [6.07, 6.45) is 0. The molecule has 168 valence electrons. The molecule has 0 spiro atoms. The minimum Gasteiger partial charge on any atom is -0.453 e. The molecule has 0 N–H and O–H groups in total. The first-order valence-electron chi connectivity index (χ1n) is 12.3. The highest BCUT2D eigenvalue weighted by molar-refractivity contribution is 6.94. The molecule has 0 amide bonds. The summed E-state index contributed by atoms with van der Waals surface area (Å²) in [5.74, 6) is 3.55. The molecule has 4 nitrogen and oxygen atoms in total. The second-order valence-corrected chi connectivity index (χ2v) is 9.84. The van der Waals surface area contributed by atoms with E-state index in [1.54, 1.807) is 0 Å². The van der Waals surface area contributed by atoms with Crippen molar-refractivity contribution < 1.29 is 9.47 Å². The summed E-state index contributed by atoms with van der Waals surface area (Å²) in [5.41, 5.74) is 11.9. The highest BCUT2D eigenvalue weighted by atomic mass is 16.5. The van der Waals surface area contributed by atoms with Crippen LogP contribution >= 0.6 is 0 Å². The molecular formula is C31H19BN2O2. The molecule has 5 aromatic carbocycles. The average Bonchev–Trinajstić information content (AvgIpc) is 2.91. The Morgan fingerprint density at radius 1 is 0.583 bits per heavy atom. The van der Waals surface area contributed by atoms with Crippen LogP contribution in [0, 0.1) is 6.92 Å². The van der Waals surface area contributed by atoms with Gasteiger partial charge in [0.15, 0.2) is 17.2 Å². The number of hydrogen-bond acceptors (Lipinski definition) is 4. The highest BCUT2D eigenvalue weighted by Gasteiger charge is 2.49. The fourth-order valence-electron chi connectivity index (χ4n) is 6.52. The zero-order valence-electron chi connectivity index (χ0n) is 19.5. The molecule has 4 aliphatic heterocycles. The lowest BCUT2D eigenvalue weighted by molar-refractivity contribution is 0.477. The van der Waals surface area contributed by atoms with Gasteiger partial charge in [0, 0.05) is 11.3 Å². The number of anilines is 5. The van der Waals surface area contributed by atoms with Crippen LogP contribution in [0.2, 0.25) is 0 Å². The lowest BCUT2D eigenvalue weighted by atomic mass is 9.43. The van der Waals surface area contributed by atoms with Gasteiger partial charge in [0.2, 0.25) is 0 Å². The van der Waals surface area contributed by atoms with Crippen LogP contribution in [-0.4, -0.2) is 6.85 Å². The Bertz CT molecular complexity index is 1800. The first-order valence-corrected chi connectivity index (χ1v) is 12.3. The summed E-state index contributed by atoms with van der Waals surface area (Å²) in [7, 11) is 0. The number of ether oxygens (including phenoxy) is 2. The summed E-state index contributed by atoms with van der Waals surface area (Å²) in [4.78, 5) is 4.89. The van der Waals surface area contributed by atoms with Gasteiger partial charge >= 0.3 is 6.85 Å². The average molecular weight is 462 g/mol. The normalized spacial score (nSPS) is 14.5. The van der Waals surface area contributed by atoms with Crippen LogP contribution in [-0.2, 0) is 0 Å². The smallest absolute Gasteiger partial charge is 0.333 e. The van der Waals surface area contributed by atoms with Crippen molar-refractivity contribution in [3.8, 4) is 34.1 Å². The maximum atomic E-state index is 6.47. The topological polar surface area (TPSA) is 24.9 Å². The van der Waals surface area contributed by atoms with E-state index in [0.717, 1.165) is 45.7 Å². The summed E-state index contributed by atoms with van der Waals surface area (Å²) < 4.78 is 12.9. The van der Waals surface area contributed by atoms with Gasteiger partial charge in [-0.3, -0.25) is 0 Å². The maximum Gasteiger partial charge on any atom is 0.333 e. The van der Waals surface area contributed by atoms with Gasteiger partial charge in [-0.15, -0.1) is 0 Å². The lowest BCUT2D eigenvalue weighted by Crippen LogP contribution is -2.62. The Labute approximate surface area is 209 Å². The third kappa shape index (κ3) is 2.13. The molecule has 0 saturated heterocycles. The molecule has 0 saturated carbocycles. The molecule has 0 atom stereocenters. The fraction of sp³-hybridized carbons (Fsp3) is 0.0323. The van der Waals surface area contributed by atoms with Crippen LogP contribution in [0.1, 0.15) is 5.56 Å². The summed E-state index contributed by atoms with van der Waals surface area (Å²) in [6.45, 7) is 2.18. The quantitative estimate of drug-likeness (QED) is 0.229. The molecule has 0 fully saturated rings. The Morgan fingerprint density at radius 3 is 2.08 bits per heavy atom. The first kappa shape index (κ1) is 18.7. The molecule has 9 rings (SSSR count). The molecule has 4 heterocycles. The second kappa shape index (κ2) is 6.32. The van der Waals surface area contributed by atoms with Gasteiger partial charge < -0.3 is 19.2 Å². The summed E-state index contributed by atoms with van der Waals surface area (Å²) >= 11 is 0. The van der Waals surface area contributed by atoms with Gasteiger partial charge in [-0.05, 0) is 71.4 Å². The van der Waals surface area contributed by atoms with Gasteiger partial charge in [0.25, 0.3) is 0 Å². The van der Waals surface area contributed by atoms with Crippen molar-refractivity contribution in [3.05, 3.63) is 103 Å². The monoisotopic (exact) mass is 462 g/mol. The predicted molar refractivity (Wildman–Crippen MR) is 145 cm³/mol. The van der Waals surface area contributed by atoms with Crippen LogP contribution in [0.5, 0.6) is 23.0 Å². The first-order chi connectivity index (χ1) is 17.8. The molecular weight excluding hydrogens is 443 g/mol. The Morgan fingerprint density at radius 2 is 1.25 bits per heavy atom. The Hall–Kier alpha value is -4.64. The van der Waals surface area contributed by atoms with E-state index in [0.29, 0.717) is 0 Å². The molecule has 0 aliphatic carbocycles. The van der Waals surface area contributed by atoms with E-state index in [1.807, 2.05) is 12.1 Å². The number of rotatable bonds is 0. The van der Waals surface area contributed by atoms with E-state index in [2.05, 4.69) is 102 Å². The van der Waals surface area contributed by atoms with Crippen molar-refractivity contribution in [2.75, 3.05) is 9.71 Å². The number of aryl methyl sites for hydroxylation is 1. The molecule has 5 aromatic rings. The van der Waals surface area contributed by atoms with Crippen molar-refractivity contribution in [1.82, 2.24) is 0 Å². The van der Waals surface area contributed by atoms with Crippen LogP contribution < -0.4 is 30.1 Å². The van der Waals surface area contributed by atoms with Gasteiger partial charge in [-0.2, -0.15) is 0 Å². The molecule has 5 heteroatoms. The molecule has 36 heavy (non-hydrogen) atoms. The standard InChI is InChI=1S/C31H19BN2O2/c1-18-16-20-19-8-6-14-27-30(19)34(23-11-3-5-13-26(23)36-27)32-21-9-7-15-28-31(21)33(24(17-18)29(20)32)22-10-2-4-12-25(22)35-28/h2-17H,1H3. The minimum atomic E-state index is -0.00522. The van der Waals surface area contributed by atoms with E-state index >= 15 is 0 Å². The maximum absolute atomic E-state index is 6.47. The molecule has 0 unspecified atom stereocenters. The van der Waals surface area contributed by atoms with Gasteiger partial charge in [0.1, 0.15) is 5.75 Å². The van der Waals surface area contributed by atoms with E-state index in [9.17, 15) is 0 Å². The van der Waals surface area contributed by atoms with Crippen molar-refractivity contribution in [2.45, 2.75) is 6.92 Å². The van der Waals surface area contributed by atoms with E-state index in [1.165, 1.54) is 33.3 Å². The fourth-order valence-corrected chi connectivity index (χ4v) is 6.52. The molecule has 0 aromatic heterocycles. The lowest BCUT2D eigenvalue weighted by Gasteiger charge is -2.48. The van der Waals surface area contributed by atoms with E-state index in [-0.39, 0.29) is 6.85 Å². The predicted octanol–water partition coefficient (Wildman–Crippen LogP) is 6.91. The zero-order chi connectivity index (χ0) is 23.5. The largest absolute Gasteiger partial charge is 0.453 e. The van der Waals surface area contributed by atoms with Crippen LogP contribution in [0.15, 0.2) is 97.1 Å². The van der Waals surface area contributed by atoms with Crippen molar-refractivity contribution in [2.24, 2.45) is 0 Å². The second-order valence-electron chi connectivity index (χ2n) is 9.84. The Balaban J connectivity index is 1.46. The Kier molecular flexibility index (Phi) is 3.28. The summed E-state index contributed by atoms with van der Waals surface area (Å²) in [5, 5.41) is 0. The third-order valence-corrected chi connectivity index (χ3v) is 7.82. The van der Waals surface area contributed by atoms with E-state index in [4.69, 9.17) is 9.47 Å². The van der Waals surface area contributed by atoms with Crippen LogP contribution in [0.25, 0.3) is 11.1 Å². The number of fused-ring (bicyclic) bond motifs is 8. The van der Waals surface area contributed by atoms with E-state index < -0.39 is 0 Å². The molecule has 0 bridgehead atoms. The zero-order valence-corrected chi connectivity index (χ0v) is 19.5. The van der Waals surface area contributed by atoms with Gasteiger partial charge in [-0.1, -0.05) is 54.6 Å². The SMILES string of the molecule is Cc1cc2c3c(c1)N1c4ccccc4Oc4cccc(c41)B3N1c3ccccc3Oc3cccc-2c31. The van der Waals surface area contributed by atoms with Crippen LogP contribution in [0.3, 0.4) is 0 Å². The van der Waals surface area contributed by atoms with Crippen molar-refractivity contribution >= 4 is 46.2 Å². The van der Waals surface area contributed by atoms with Gasteiger partial charge in [-0.25, -0.2) is 0 Å². The number of benzene rings is 5. The summed E-state index contributed by atoms with van der Waals surface area (Å²) in [6, 6.07) is 34.2. The highest BCUT2D eigenvalue weighted by Crippen LogP contribution is 2.57. The van der Waals surface area contributed by atoms with Crippen molar-refractivity contribution in [3.63, 3.8) is 0 Å². The third-order valence-electron chi connectivity index (χ3n) is 7.82. The minimum absolute atomic E-state index is 0.00522. The number of hydrogen-bond donors (Lipinski definition) is 0. The molecule has 0 radical (unpaired) electrons. The van der Waals surface area contributed by atoms with Crippen LogP contribution in [0.4, 0.5) is 28.4 Å². The van der Waals surface area contributed by atoms with Crippen molar-refractivity contribution in [1.29, 1.82) is 0 Å².